The third kappa shape index (κ3) is 4.69. The lowest BCUT2D eigenvalue weighted by atomic mass is 9.96. The van der Waals surface area contributed by atoms with Crippen molar-refractivity contribution < 1.29 is 35.5 Å². The zero-order valence-electron chi connectivity index (χ0n) is 18.9. The second-order valence-corrected chi connectivity index (χ2v) is 8.48. The molecule has 2 nitrogen and oxygen atoms in total. The number of halogens is 8. The Morgan fingerprint density at radius 1 is 0.865 bits per heavy atom. The van der Waals surface area contributed by atoms with Gasteiger partial charge in [0.25, 0.3) is 0 Å². The molecule has 0 radical (unpaired) electrons. The molecule has 4 rings (SSSR count). The van der Waals surface area contributed by atoms with Gasteiger partial charge < -0.3 is 4.74 Å². The number of rotatable bonds is 6. The van der Waals surface area contributed by atoms with Crippen LogP contribution in [0.25, 0.3) is 21.9 Å². The van der Waals surface area contributed by atoms with E-state index in [0.717, 1.165) is 24.3 Å². The van der Waals surface area contributed by atoms with Crippen molar-refractivity contribution in [2.75, 3.05) is 0 Å². The highest BCUT2D eigenvalue weighted by Crippen LogP contribution is 2.41. The van der Waals surface area contributed by atoms with Crippen molar-refractivity contribution >= 4 is 22.4 Å². The summed E-state index contributed by atoms with van der Waals surface area (Å²) in [7, 11) is 0. The molecule has 0 fully saturated rings. The van der Waals surface area contributed by atoms with Gasteiger partial charge in [0, 0.05) is 17.2 Å². The van der Waals surface area contributed by atoms with E-state index >= 15 is 8.78 Å². The van der Waals surface area contributed by atoms with E-state index in [1.807, 2.05) is 0 Å². The van der Waals surface area contributed by atoms with Crippen molar-refractivity contribution in [1.29, 1.82) is 5.26 Å². The Hall–Kier alpha value is -3.77. The minimum absolute atomic E-state index is 0.0429. The molecule has 0 heterocycles. The highest BCUT2D eigenvalue weighted by atomic mass is 35.5. The van der Waals surface area contributed by atoms with Gasteiger partial charge in [-0.1, -0.05) is 43.1 Å². The van der Waals surface area contributed by atoms with Gasteiger partial charge in [-0.05, 0) is 41.6 Å². The van der Waals surface area contributed by atoms with Gasteiger partial charge in [-0.15, -0.1) is 0 Å². The number of alkyl halides is 2. The van der Waals surface area contributed by atoms with E-state index in [0.29, 0.717) is 18.6 Å². The molecule has 0 atom stereocenters. The van der Waals surface area contributed by atoms with Crippen LogP contribution in [-0.2, 0) is 12.5 Å². The van der Waals surface area contributed by atoms with Crippen LogP contribution >= 0.6 is 11.6 Å². The Labute approximate surface area is 211 Å². The van der Waals surface area contributed by atoms with Crippen molar-refractivity contribution in [1.82, 2.24) is 0 Å². The standard InChI is InChI=1S/C27H15ClF7NO/c1-2-3-14-10-13-5-7-17(24(31)21(13)26(33)23(14)30)18-8-9-19(22(28)25(18)32)27(34,35)37-16-6-4-15(12-36)20(29)11-16/h4-11H,2-3H2,1H3. The number of ether oxygens (including phenoxy) is 1. The van der Waals surface area contributed by atoms with Crippen molar-refractivity contribution in [2.45, 2.75) is 25.9 Å². The first-order chi connectivity index (χ1) is 17.5. The fraction of sp³-hybridized carbons (Fsp3) is 0.148. The van der Waals surface area contributed by atoms with Gasteiger partial charge in [-0.2, -0.15) is 14.0 Å². The molecule has 0 amide bonds. The number of aryl methyl sites for hydroxylation is 1. The summed E-state index contributed by atoms with van der Waals surface area (Å²) in [5.41, 5.74) is -2.60. The van der Waals surface area contributed by atoms with Gasteiger partial charge >= 0.3 is 6.11 Å². The molecule has 0 spiro atoms. The summed E-state index contributed by atoms with van der Waals surface area (Å²) in [4.78, 5) is 0. The molecular weight excluding hydrogens is 523 g/mol. The quantitative estimate of drug-likeness (QED) is 0.230. The SMILES string of the molecule is CCCc1cc2ccc(-c3ccc(C(F)(F)Oc4ccc(C#N)c(F)c4)c(Cl)c3F)c(F)c2c(F)c1F. The summed E-state index contributed by atoms with van der Waals surface area (Å²) in [5.74, 6) is -7.21. The summed E-state index contributed by atoms with van der Waals surface area (Å²) >= 11 is 5.85. The first-order valence-corrected chi connectivity index (χ1v) is 11.2. The zero-order valence-corrected chi connectivity index (χ0v) is 19.7. The van der Waals surface area contributed by atoms with Gasteiger partial charge in [-0.3, -0.25) is 0 Å². The zero-order chi connectivity index (χ0) is 27.1. The first kappa shape index (κ1) is 26.3. The summed E-state index contributed by atoms with van der Waals surface area (Å²) in [6, 6.07) is 9.02. The molecule has 0 aliphatic carbocycles. The summed E-state index contributed by atoms with van der Waals surface area (Å²) in [6.45, 7) is 1.76. The van der Waals surface area contributed by atoms with E-state index in [-0.39, 0.29) is 17.4 Å². The summed E-state index contributed by atoms with van der Waals surface area (Å²) < 4.78 is 107. The first-order valence-electron chi connectivity index (χ1n) is 10.8. The molecular formula is C27H15ClF7NO. The minimum atomic E-state index is -4.26. The van der Waals surface area contributed by atoms with E-state index in [1.165, 1.54) is 18.2 Å². The maximum absolute atomic E-state index is 15.3. The second-order valence-electron chi connectivity index (χ2n) is 8.10. The van der Waals surface area contributed by atoms with Crippen molar-refractivity contribution in [3.63, 3.8) is 0 Å². The van der Waals surface area contributed by atoms with Crippen LogP contribution < -0.4 is 4.74 Å². The van der Waals surface area contributed by atoms with E-state index in [1.54, 1.807) is 6.92 Å². The molecule has 0 unspecified atom stereocenters. The van der Waals surface area contributed by atoms with Crippen LogP contribution in [0.3, 0.4) is 0 Å². The van der Waals surface area contributed by atoms with Crippen LogP contribution in [0.1, 0.15) is 30.0 Å². The molecule has 190 valence electrons. The molecule has 0 saturated carbocycles. The summed E-state index contributed by atoms with van der Waals surface area (Å²) in [5, 5.41) is 6.95. The molecule has 4 aromatic carbocycles. The van der Waals surface area contributed by atoms with E-state index in [9.17, 15) is 22.0 Å². The lowest BCUT2D eigenvalue weighted by molar-refractivity contribution is -0.185. The monoisotopic (exact) mass is 537 g/mol. The van der Waals surface area contributed by atoms with Crippen molar-refractivity contribution in [2.24, 2.45) is 0 Å². The number of nitrogens with zero attached hydrogens (tertiary/aromatic N) is 1. The number of nitriles is 1. The number of hydrogen-bond donors (Lipinski definition) is 0. The predicted octanol–water partition coefficient (Wildman–Crippen LogP) is 8.81. The lowest BCUT2D eigenvalue weighted by Crippen LogP contribution is -2.23. The van der Waals surface area contributed by atoms with E-state index < -0.39 is 73.6 Å². The largest absolute Gasteiger partial charge is 0.429 e. The normalized spacial score (nSPS) is 11.6. The molecule has 10 heteroatoms. The van der Waals surface area contributed by atoms with Crippen LogP contribution in [0.5, 0.6) is 5.75 Å². The number of fused-ring (bicyclic) bond motifs is 1. The van der Waals surface area contributed by atoms with Gasteiger partial charge in [0.2, 0.25) is 0 Å². The fourth-order valence-electron chi connectivity index (χ4n) is 3.93. The highest BCUT2D eigenvalue weighted by Gasteiger charge is 2.39. The fourth-order valence-corrected chi connectivity index (χ4v) is 4.21. The topological polar surface area (TPSA) is 33.0 Å². The molecule has 0 N–H and O–H groups in total. The van der Waals surface area contributed by atoms with Crippen LogP contribution in [0.4, 0.5) is 30.7 Å². The van der Waals surface area contributed by atoms with Gasteiger partial charge in [0.05, 0.1) is 21.5 Å². The van der Waals surface area contributed by atoms with Crippen LogP contribution in [0, 0.1) is 40.4 Å². The maximum Gasteiger partial charge on any atom is 0.428 e. The predicted molar refractivity (Wildman–Crippen MR) is 124 cm³/mol. The third-order valence-corrected chi connectivity index (χ3v) is 6.08. The minimum Gasteiger partial charge on any atom is -0.429 e. The van der Waals surface area contributed by atoms with Crippen molar-refractivity contribution in [3.05, 3.63) is 99.3 Å². The Balaban J connectivity index is 1.77. The summed E-state index contributed by atoms with van der Waals surface area (Å²) in [6.07, 6.45) is -3.52. The average Bonchev–Trinajstić information content (AvgIpc) is 2.84. The van der Waals surface area contributed by atoms with Gasteiger partial charge in [-0.25, -0.2) is 22.0 Å². The van der Waals surface area contributed by atoms with E-state index in [4.69, 9.17) is 16.9 Å². The highest BCUT2D eigenvalue weighted by molar-refractivity contribution is 6.32. The molecule has 0 aliphatic rings. The molecule has 0 saturated heterocycles. The Morgan fingerprint density at radius 2 is 1.54 bits per heavy atom. The van der Waals surface area contributed by atoms with Gasteiger partial charge in [0.1, 0.15) is 29.3 Å². The molecule has 4 aromatic rings. The van der Waals surface area contributed by atoms with Crippen LogP contribution in [0.2, 0.25) is 5.02 Å². The molecule has 0 aliphatic heterocycles. The molecule has 0 bridgehead atoms. The Kier molecular flexibility index (Phi) is 7.07. The molecule has 37 heavy (non-hydrogen) atoms. The van der Waals surface area contributed by atoms with Gasteiger partial charge in [0.15, 0.2) is 11.6 Å². The van der Waals surface area contributed by atoms with Crippen molar-refractivity contribution in [3.8, 4) is 22.9 Å². The Bertz CT molecular complexity index is 1580. The maximum atomic E-state index is 15.3. The lowest BCUT2D eigenvalue weighted by Gasteiger charge is -2.20. The smallest absolute Gasteiger partial charge is 0.428 e. The third-order valence-electron chi connectivity index (χ3n) is 5.71. The molecule has 0 aromatic heterocycles. The average molecular weight is 538 g/mol. The Morgan fingerprint density at radius 3 is 2.19 bits per heavy atom. The van der Waals surface area contributed by atoms with Crippen LogP contribution in [-0.4, -0.2) is 0 Å². The van der Waals surface area contributed by atoms with E-state index in [2.05, 4.69) is 4.74 Å². The number of hydrogen-bond acceptors (Lipinski definition) is 2. The van der Waals surface area contributed by atoms with Crippen LogP contribution in [0.15, 0.2) is 48.5 Å². The number of benzene rings is 4. The second kappa shape index (κ2) is 9.94.